The van der Waals surface area contributed by atoms with Crippen molar-refractivity contribution in [3.8, 4) is 17.2 Å². The minimum atomic E-state index is -0.195. The number of methoxy groups -OCH3 is 2. The first-order valence-electron chi connectivity index (χ1n) is 9.67. The van der Waals surface area contributed by atoms with E-state index < -0.39 is 0 Å². The van der Waals surface area contributed by atoms with Gasteiger partial charge in [0.2, 0.25) is 5.91 Å². The number of aryl methyl sites for hydroxylation is 2. The lowest BCUT2D eigenvalue weighted by Crippen LogP contribution is -2.31. The van der Waals surface area contributed by atoms with Crippen LogP contribution in [0.15, 0.2) is 30.3 Å². The Hall–Kier alpha value is -3.22. The molecule has 1 unspecified atom stereocenters. The van der Waals surface area contributed by atoms with E-state index in [0.29, 0.717) is 23.7 Å². The van der Waals surface area contributed by atoms with Crippen LogP contribution < -0.4 is 24.8 Å². The third kappa shape index (κ3) is 3.99. The van der Waals surface area contributed by atoms with Crippen LogP contribution in [0.1, 0.15) is 35.6 Å². The summed E-state index contributed by atoms with van der Waals surface area (Å²) < 4.78 is 16.4. The van der Waals surface area contributed by atoms with Gasteiger partial charge in [0.1, 0.15) is 5.75 Å². The van der Waals surface area contributed by atoms with E-state index in [2.05, 4.69) is 10.6 Å². The zero-order valence-corrected chi connectivity index (χ0v) is 16.5. The average Bonchev–Trinajstić information content (AvgIpc) is 3.12. The molecule has 2 N–H and O–H groups in total. The van der Waals surface area contributed by atoms with Crippen LogP contribution in [0.2, 0.25) is 0 Å². The van der Waals surface area contributed by atoms with E-state index in [-0.39, 0.29) is 24.5 Å². The molecule has 1 heterocycles. The number of ether oxygens (including phenoxy) is 3. The summed E-state index contributed by atoms with van der Waals surface area (Å²) in [6.45, 7) is -0.0914. The van der Waals surface area contributed by atoms with Crippen LogP contribution in [0.25, 0.3) is 0 Å². The zero-order valence-electron chi connectivity index (χ0n) is 16.5. The molecular formula is C22H24N2O5. The first kappa shape index (κ1) is 19.1. The topological polar surface area (TPSA) is 85.9 Å². The van der Waals surface area contributed by atoms with Gasteiger partial charge in [-0.05, 0) is 54.2 Å². The van der Waals surface area contributed by atoms with E-state index in [9.17, 15) is 9.59 Å². The number of carbonyl (C=O) groups excluding carboxylic acids is 2. The van der Waals surface area contributed by atoms with Crippen LogP contribution >= 0.6 is 0 Å². The largest absolute Gasteiger partial charge is 0.493 e. The fourth-order valence-electron chi connectivity index (χ4n) is 3.91. The molecule has 2 amide bonds. The van der Waals surface area contributed by atoms with E-state index in [1.165, 1.54) is 0 Å². The van der Waals surface area contributed by atoms with Crippen LogP contribution in [0.5, 0.6) is 17.2 Å². The molecule has 0 spiro atoms. The average molecular weight is 396 g/mol. The van der Waals surface area contributed by atoms with Crippen molar-refractivity contribution >= 4 is 17.5 Å². The number of fused-ring (bicyclic) bond motifs is 2. The van der Waals surface area contributed by atoms with Crippen LogP contribution in [0.4, 0.5) is 5.69 Å². The predicted molar refractivity (Wildman–Crippen MR) is 108 cm³/mol. The molecular weight excluding hydrogens is 372 g/mol. The van der Waals surface area contributed by atoms with E-state index >= 15 is 0 Å². The summed E-state index contributed by atoms with van der Waals surface area (Å²) in [5.41, 5.74) is 4.03. The van der Waals surface area contributed by atoms with E-state index in [0.717, 1.165) is 41.6 Å². The summed E-state index contributed by atoms with van der Waals surface area (Å²) >= 11 is 0. The van der Waals surface area contributed by atoms with Crippen LogP contribution in [0.3, 0.4) is 0 Å². The Kier molecular flexibility index (Phi) is 5.29. The van der Waals surface area contributed by atoms with Gasteiger partial charge in [-0.1, -0.05) is 6.07 Å². The van der Waals surface area contributed by atoms with Gasteiger partial charge < -0.3 is 24.8 Å². The molecule has 1 aliphatic carbocycles. The first-order chi connectivity index (χ1) is 14.1. The van der Waals surface area contributed by atoms with Crippen molar-refractivity contribution in [3.05, 3.63) is 47.0 Å². The van der Waals surface area contributed by atoms with Crippen LogP contribution in [-0.2, 0) is 22.4 Å². The van der Waals surface area contributed by atoms with Gasteiger partial charge in [0.25, 0.3) is 5.91 Å². The quantitative estimate of drug-likeness (QED) is 0.784. The Morgan fingerprint density at radius 1 is 1.07 bits per heavy atom. The highest BCUT2D eigenvalue weighted by Gasteiger charge is 2.26. The van der Waals surface area contributed by atoms with E-state index in [1.54, 1.807) is 20.3 Å². The minimum absolute atomic E-state index is 0.000601. The summed E-state index contributed by atoms with van der Waals surface area (Å²) in [5, 5.41) is 5.87. The SMILES string of the molecule is COc1cc2c(cc1OC)C(NC(=O)COc1ccc3c(c1)NC(=O)CC3)CC2. The molecule has 0 aromatic heterocycles. The van der Waals surface area contributed by atoms with E-state index in [1.807, 2.05) is 24.3 Å². The number of rotatable bonds is 6. The lowest BCUT2D eigenvalue weighted by Gasteiger charge is -2.18. The second kappa shape index (κ2) is 8.03. The number of anilines is 1. The van der Waals surface area contributed by atoms with Crippen molar-refractivity contribution in [1.29, 1.82) is 0 Å². The van der Waals surface area contributed by atoms with Gasteiger partial charge in [-0.3, -0.25) is 9.59 Å². The molecule has 2 aliphatic rings. The molecule has 4 rings (SSSR count). The van der Waals surface area contributed by atoms with Crippen molar-refractivity contribution in [2.75, 3.05) is 26.1 Å². The minimum Gasteiger partial charge on any atom is -0.493 e. The Bertz CT molecular complexity index is 956. The maximum absolute atomic E-state index is 12.4. The highest BCUT2D eigenvalue weighted by molar-refractivity contribution is 5.94. The maximum Gasteiger partial charge on any atom is 0.258 e. The third-order valence-electron chi connectivity index (χ3n) is 5.41. The number of benzene rings is 2. The summed E-state index contributed by atoms with van der Waals surface area (Å²) in [6, 6.07) is 9.34. The number of nitrogens with one attached hydrogen (secondary N) is 2. The molecule has 0 saturated heterocycles. The molecule has 29 heavy (non-hydrogen) atoms. The molecule has 0 radical (unpaired) electrons. The number of hydrogen-bond donors (Lipinski definition) is 2. The summed E-state index contributed by atoms with van der Waals surface area (Å²) in [4.78, 5) is 24.0. The highest BCUT2D eigenvalue weighted by Crippen LogP contribution is 2.39. The molecule has 0 bridgehead atoms. The molecule has 7 heteroatoms. The zero-order chi connectivity index (χ0) is 20.4. The van der Waals surface area contributed by atoms with Gasteiger partial charge in [-0.15, -0.1) is 0 Å². The molecule has 7 nitrogen and oxygen atoms in total. The number of hydrogen-bond acceptors (Lipinski definition) is 5. The molecule has 0 saturated carbocycles. The van der Waals surface area contributed by atoms with Gasteiger partial charge in [-0.25, -0.2) is 0 Å². The van der Waals surface area contributed by atoms with Crippen molar-refractivity contribution in [2.45, 2.75) is 31.7 Å². The van der Waals surface area contributed by atoms with Gasteiger partial charge in [0, 0.05) is 18.2 Å². The molecule has 2 aromatic rings. The van der Waals surface area contributed by atoms with Gasteiger partial charge in [0.15, 0.2) is 18.1 Å². The van der Waals surface area contributed by atoms with Crippen molar-refractivity contribution < 1.29 is 23.8 Å². The second-order valence-electron chi connectivity index (χ2n) is 7.22. The smallest absolute Gasteiger partial charge is 0.258 e. The summed E-state index contributed by atoms with van der Waals surface area (Å²) in [5.74, 6) is 1.71. The van der Waals surface area contributed by atoms with Gasteiger partial charge in [-0.2, -0.15) is 0 Å². The normalized spacial score (nSPS) is 17.0. The predicted octanol–water partition coefficient (Wildman–Crippen LogP) is 2.77. The van der Waals surface area contributed by atoms with Crippen LogP contribution in [0, 0.1) is 0 Å². The lowest BCUT2D eigenvalue weighted by molar-refractivity contribution is -0.123. The Balaban J connectivity index is 1.38. The third-order valence-corrected chi connectivity index (χ3v) is 5.41. The monoisotopic (exact) mass is 396 g/mol. The maximum atomic E-state index is 12.4. The Morgan fingerprint density at radius 2 is 1.86 bits per heavy atom. The molecule has 2 aromatic carbocycles. The second-order valence-corrected chi connectivity index (χ2v) is 7.22. The fourth-order valence-corrected chi connectivity index (χ4v) is 3.91. The summed E-state index contributed by atoms with van der Waals surface area (Å²) in [7, 11) is 3.21. The highest BCUT2D eigenvalue weighted by atomic mass is 16.5. The summed E-state index contributed by atoms with van der Waals surface area (Å²) in [6.07, 6.45) is 2.90. The Labute approximate surface area is 169 Å². The fraction of sp³-hybridized carbons (Fsp3) is 0.364. The Morgan fingerprint density at radius 3 is 2.66 bits per heavy atom. The first-order valence-corrected chi connectivity index (χ1v) is 9.67. The lowest BCUT2D eigenvalue weighted by atomic mass is 10.0. The van der Waals surface area contributed by atoms with Gasteiger partial charge >= 0.3 is 0 Å². The standard InChI is InChI=1S/C22H24N2O5/c1-27-19-9-14-4-7-17(16(14)11-20(19)28-2)23-22(26)12-29-15-6-3-13-5-8-21(25)24-18(13)10-15/h3,6,9-11,17H,4-5,7-8,12H2,1-2H3,(H,23,26)(H,24,25). The van der Waals surface area contributed by atoms with Crippen molar-refractivity contribution in [3.63, 3.8) is 0 Å². The molecule has 152 valence electrons. The molecule has 1 atom stereocenters. The van der Waals surface area contributed by atoms with E-state index in [4.69, 9.17) is 14.2 Å². The van der Waals surface area contributed by atoms with Gasteiger partial charge in [0.05, 0.1) is 20.3 Å². The molecule has 1 aliphatic heterocycles. The van der Waals surface area contributed by atoms with Crippen molar-refractivity contribution in [2.24, 2.45) is 0 Å². The van der Waals surface area contributed by atoms with Crippen LogP contribution in [-0.4, -0.2) is 32.6 Å². The number of amides is 2. The number of carbonyl (C=O) groups is 2. The van der Waals surface area contributed by atoms with Crippen molar-refractivity contribution in [1.82, 2.24) is 5.32 Å². The molecule has 0 fully saturated rings.